The van der Waals surface area contributed by atoms with E-state index in [4.69, 9.17) is 11.6 Å². The number of amides is 1. The molecule has 3 N–H and O–H groups in total. The first kappa shape index (κ1) is 21.3. The quantitative estimate of drug-likeness (QED) is 0.630. The number of nitrogens with one attached hydrogen (secondary N) is 3. The third-order valence-corrected chi connectivity index (χ3v) is 7.08. The minimum absolute atomic E-state index is 0.0342. The highest BCUT2D eigenvalue weighted by Crippen LogP contribution is 2.23. The van der Waals surface area contributed by atoms with E-state index in [1.807, 2.05) is 4.98 Å². The average Bonchev–Trinajstić information content (AvgIpc) is 2.66. The lowest BCUT2D eigenvalue weighted by Crippen LogP contribution is -2.46. The van der Waals surface area contributed by atoms with Crippen LogP contribution in [0.25, 0.3) is 0 Å². The zero-order chi connectivity index (χ0) is 21.2. The first-order valence-corrected chi connectivity index (χ1v) is 10.9. The largest absolute Gasteiger partial charge is 0.352 e. The maximum Gasteiger partial charge on any atom is 0.325 e. The van der Waals surface area contributed by atoms with Crippen molar-refractivity contribution < 1.29 is 13.2 Å². The molecule has 1 aromatic heterocycles. The van der Waals surface area contributed by atoms with E-state index in [9.17, 15) is 22.8 Å². The number of aromatic nitrogens is 2. The van der Waals surface area contributed by atoms with E-state index in [-0.39, 0.29) is 24.7 Å². The first-order valence-electron chi connectivity index (χ1n) is 9.04. The highest BCUT2D eigenvalue weighted by Gasteiger charge is 2.35. The molecule has 0 spiro atoms. The molecule has 1 fully saturated rings. The summed E-state index contributed by atoms with van der Waals surface area (Å²) in [7, 11) is -4.15. The normalized spacial score (nSPS) is 17.8. The molecular formula is C18H21ClN4O5S. The van der Waals surface area contributed by atoms with E-state index in [0.717, 1.165) is 9.87 Å². The van der Waals surface area contributed by atoms with E-state index in [1.165, 1.54) is 6.92 Å². The predicted octanol–water partition coefficient (Wildman–Crippen LogP) is 0.742. The van der Waals surface area contributed by atoms with E-state index in [1.54, 1.807) is 24.3 Å². The van der Waals surface area contributed by atoms with Crippen molar-refractivity contribution in [2.45, 2.75) is 31.2 Å². The molecule has 0 radical (unpaired) electrons. The summed E-state index contributed by atoms with van der Waals surface area (Å²) in [6, 6.07) is 7.04. The molecule has 11 heteroatoms. The smallest absolute Gasteiger partial charge is 0.325 e. The van der Waals surface area contributed by atoms with Crippen LogP contribution in [0.5, 0.6) is 0 Å². The molecule has 1 unspecified atom stereocenters. The highest BCUT2D eigenvalue weighted by atomic mass is 35.5. The molecule has 0 aliphatic carbocycles. The lowest BCUT2D eigenvalue weighted by Gasteiger charge is -2.31. The van der Waals surface area contributed by atoms with E-state index >= 15 is 0 Å². The summed E-state index contributed by atoms with van der Waals surface area (Å²) in [6.45, 7) is 1.82. The lowest BCUT2D eigenvalue weighted by molar-refractivity contribution is -0.126. The van der Waals surface area contributed by atoms with Crippen molar-refractivity contribution in [2.75, 3.05) is 13.1 Å². The lowest BCUT2D eigenvalue weighted by atomic mass is 9.99. The zero-order valence-electron chi connectivity index (χ0n) is 15.7. The summed E-state index contributed by atoms with van der Waals surface area (Å²) < 4.78 is 27.0. The van der Waals surface area contributed by atoms with Crippen LogP contribution >= 0.6 is 11.6 Å². The van der Waals surface area contributed by atoms with Gasteiger partial charge in [0.2, 0.25) is 15.9 Å². The second-order valence-corrected chi connectivity index (χ2v) is 9.22. The Bertz CT molecular complexity index is 1120. The molecule has 1 amide bonds. The number of benzene rings is 1. The van der Waals surface area contributed by atoms with Crippen molar-refractivity contribution in [3.63, 3.8) is 0 Å². The number of hydrogen-bond donors (Lipinski definition) is 3. The molecule has 1 atom stereocenters. The Labute approximate surface area is 172 Å². The summed E-state index contributed by atoms with van der Waals surface area (Å²) in [5.74, 6) is -0.792. The Hall–Kier alpha value is -2.43. The van der Waals surface area contributed by atoms with E-state index in [2.05, 4.69) is 10.3 Å². The molecule has 0 bridgehead atoms. The number of rotatable bonds is 5. The van der Waals surface area contributed by atoms with Crippen LogP contribution < -0.4 is 16.6 Å². The van der Waals surface area contributed by atoms with Gasteiger partial charge in [0.1, 0.15) is 0 Å². The minimum atomic E-state index is -4.15. The number of carbonyl (C=O) groups is 1. The van der Waals surface area contributed by atoms with Gasteiger partial charge in [0, 0.05) is 30.4 Å². The molecular weight excluding hydrogens is 420 g/mol. The summed E-state index contributed by atoms with van der Waals surface area (Å²) in [5.41, 5.74) is -0.906. The van der Waals surface area contributed by atoms with Gasteiger partial charge >= 0.3 is 5.69 Å². The monoisotopic (exact) mass is 440 g/mol. The molecule has 3 rings (SSSR count). The number of aromatic amines is 2. The van der Waals surface area contributed by atoms with Crippen LogP contribution in [0.1, 0.15) is 24.1 Å². The number of aryl methyl sites for hydroxylation is 1. The molecule has 1 aliphatic heterocycles. The van der Waals surface area contributed by atoms with E-state index < -0.39 is 32.1 Å². The van der Waals surface area contributed by atoms with E-state index in [0.29, 0.717) is 24.4 Å². The minimum Gasteiger partial charge on any atom is -0.352 e. The van der Waals surface area contributed by atoms with Crippen LogP contribution in [-0.4, -0.2) is 41.7 Å². The molecule has 9 nitrogen and oxygen atoms in total. The number of carbonyl (C=O) groups excluding carboxylic acids is 1. The predicted molar refractivity (Wildman–Crippen MR) is 107 cm³/mol. The maximum atomic E-state index is 13.0. The standard InChI is InChI=1S/C18H21ClN4O5S/c1-11-15(17(25)22-18(26)21-11)29(27,28)23-8-2-3-13(10-23)16(24)20-9-12-4-6-14(19)7-5-12/h4-7,13H,2-3,8-10H2,1H3,(H,20,24)(H2,21,22,25,26). The Balaban J connectivity index is 1.73. The topological polar surface area (TPSA) is 132 Å². The molecule has 0 saturated carbocycles. The summed E-state index contributed by atoms with van der Waals surface area (Å²) >= 11 is 5.84. The third-order valence-electron chi connectivity index (χ3n) is 4.81. The van der Waals surface area contributed by atoms with Crippen LogP contribution in [0.15, 0.2) is 38.8 Å². The molecule has 1 aliphatic rings. The van der Waals surface area contributed by atoms with Crippen molar-refractivity contribution >= 4 is 27.5 Å². The number of halogens is 1. The van der Waals surface area contributed by atoms with Gasteiger partial charge in [0.05, 0.1) is 5.92 Å². The number of hydrogen-bond acceptors (Lipinski definition) is 5. The number of nitrogens with zero attached hydrogens (tertiary/aromatic N) is 1. The fourth-order valence-corrected chi connectivity index (χ4v) is 5.19. The second-order valence-electron chi connectivity index (χ2n) is 6.91. The highest BCUT2D eigenvalue weighted by molar-refractivity contribution is 7.89. The van der Waals surface area contributed by atoms with Crippen LogP contribution in [0, 0.1) is 12.8 Å². The Morgan fingerprint density at radius 1 is 1.24 bits per heavy atom. The molecule has 1 aromatic carbocycles. The number of piperidine rings is 1. The molecule has 1 saturated heterocycles. The van der Waals surface area contributed by atoms with Crippen LogP contribution in [0.3, 0.4) is 0 Å². The molecule has 2 heterocycles. The van der Waals surface area contributed by atoms with Gasteiger partial charge in [-0.15, -0.1) is 0 Å². The van der Waals surface area contributed by atoms with Gasteiger partial charge in [-0.05, 0) is 37.5 Å². The van der Waals surface area contributed by atoms with Gasteiger partial charge in [-0.1, -0.05) is 23.7 Å². The average molecular weight is 441 g/mol. The van der Waals surface area contributed by atoms with Crippen molar-refractivity contribution in [2.24, 2.45) is 5.92 Å². The number of H-pyrrole nitrogens is 2. The van der Waals surface area contributed by atoms with Crippen molar-refractivity contribution in [1.82, 2.24) is 19.6 Å². The molecule has 29 heavy (non-hydrogen) atoms. The Kier molecular flexibility index (Phi) is 6.25. The molecule has 156 valence electrons. The van der Waals surface area contributed by atoms with Gasteiger partial charge in [0.15, 0.2) is 4.90 Å². The first-order chi connectivity index (χ1) is 13.7. The van der Waals surface area contributed by atoms with Crippen LogP contribution in [0.2, 0.25) is 5.02 Å². The SMILES string of the molecule is Cc1[nH]c(=O)[nH]c(=O)c1S(=O)(=O)N1CCCC(C(=O)NCc2ccc(Cl)cc2)C1. The Morgan fingerprint density at radius 2 is 1.93 bits per heavy atom. The van der Waals surface area contributed by atoms with Gasteiger partial charge in [-0.2, -0.15) is 4.31 Å². The van der Waals surface area contributed by atoms with Crippen molar-refractivity contribution in [3.05, 3.63) is 61.4 Å². The zero-order valence-corrected chi connectivity index (χ0v) is 17.3. The van der Waals surface area contributed by atoms with Gasteiger partial charge in [-0.3, -0.25) is 14.6 Å². The van der Waals surface area contributed by atoms with Gasteiger partial charge in [0.25, 0.3) is 5.56 Å². The fraction of sp³-hybridized carbons (Fsp3) is 0.389. The number of sulfonamides is 1. The van der Waals surface area contributed by atoms with Gasteiger partial charge in [-0.25, -0.2) is 13.2 Å². The van der Waals surface area contributed by atoms with Crippen LogP contribution in [0.4, 0.5) is 0 Å². The van der Waals surface area contributed by atoms with Crippen molar-refractivity contribution in [3.8, 4) is 0 Å². The summed E-state index contributed by atoms with van der Waals surface area (Å²) in [5, 5.41) is 3.41. The second kappa shape index (κ2) is 8.52. The van der Waals surface area contributed by atoms with Crippen LogP contribution in [-0.2, 0) is 21.4 Å². The van der Waals surface area contributed by atoms with Gasteiger partial charge < -0.3 is 10.3 Å². The van der Waals surface area contributed by atoms with Crippen molar-refractivity contribution in [1.29, 1.82) is 0 Å². The Morgan fingerprint density at radius 3 is 2.59 bits per heavy atom. The summed E-state index contributed by atoms with van der Waals surface area (Å²) in [4.78, 5) is 39.7. The third kappa shape index (κ3) is 4.77. The maximum absolute atomic E-state index is 13.0. The fourth-order valence-electron chi connectivity index (χ4n) is 3.34. The molecule has 2 aromatic rings. The summed E-state index contributed by atoms with van der Waals surface area (Å²) in [6.07, 6.45) is 1.03.